The largest absolute Gasteiger partial charge is 0.331 e. The number of carbonyl (C=O) groups is 1. The average Bonchev–Trinajstić information content (AvgIpc) is 2.31. The lowest BCUT2D eigenvalue weighted by atomic mass is 10.1. The van der Waals surface area contributed by atoms with E-state index in [4.69, 9.17) is 23.8 Å². The van der Waals surface area contributed by atoms with Crippen molar-refractivity contribution in [2.75, 3.05) is 5.32 Å². The summed E-state index contributed by atoms with van der Waals surface area (Å²) in [6.45, 7) is 4.09. The van der Waals surface area contributed by atoms with Crippen LogP contribution in [0.1, 0.15) is 26.7 Å². The van der Waals surface area contributed by atoms with Crippen LogP contribution in [0, 0.1) is 5.92 Å². The zero-order chi connectivity index (χ0) is 13.5. The summed E-state index contributed by atoms with van der Waals surface area (Å²) in [6, 6.07) is 7.23. The van der Waals surface area contributed by atoms with Crippen molar-refractivity contribution in [3.63, 3.8) is 0 Å². The molecule has 0 spiro atoms. The van der Waals surface area contributed by atoms with Gasteiger partial charge in [-0.15, -0.1) is 0 Å². The molecule has 0 saturated carbocycles. The second-order valence-electron chi connectivity index (χ2n) is 4.20. The van der Waals surface area contributed by atoms with Gasteiger partial charge in [0.15, 0.2) is 5.11 Å². The molecule has 1 rings (SSSR count). The van der Waals surface area contributed by atoms with Crippen molar-refractivity contribution in [3.05, 3.63) is 29.3 Å². The SMILES string of the molecule is CC[C@H](C)CC(=O)NC(=S)Nc1ccccc1Cl. The molecule has 0 aliphatic rings. The Labute approximate surface area is 118 Å². The molecular weight excluding hydrogens is 268 g/mol. The number of anilines is 1. The average molecular weight is 285 g/mol. The van der Waals surface area contributed by atoms with Gasteiger partial charge in [0.1, 0.15) is 0 Å². The zero-order valence-corrected chi connectivity index (χ0v) is 12.1. The van der Waals surface area contributed by atoms with E-state index in [-0.39, 0.29) is 11.0 Å². The van der Waals surface area contributed by atoms with E-state index in [1.807, 2.05) is 19.1 Å². The summed E-state index contributed by atoms with van der Waals surface area (Å²) in [5.41, 5.74) is 0.688. The monoisotopic (exact) mass is 284 g/mol. The van der Waals surface area contributed by atoms with Crippen LogP contribution in [0.5, 0.6) is 0 Å². The quantitative estimate of drug-likeness (QED) is 0.830. The van der Waals surface area contributed by atoms with Crippen molar-refractivity contribution in [1.82, 2.24) is 5.32 Å². The Hall–Kier alpha value is -1.13. The molecule has 0 aliphatic heterocycles. The number of para-hydroxylation sites is 1. The fourth-order valence-corrected chi connectivity index (χ4v) is 1.76. The van der Waals surface area contributed by atoms with Gasteiger partial charge in [-0.25, -0.2) is 0 Å². The predicted molar refractivity (Wildman–Crippen MR) is 79.9 cm³/mol. The molecule has 98 valence electrons. The van der Waals surface area contributed by atoms with Crippen LogP contribution < -0.4 is 10.6 Å². The number of thiocarbonyl (C=S) groups is 1. The summed E-state index contributed by atoms with van der Waals surface area (Å²) < 4.78 is 0. The molecule has 0 aromatic heterocycles. The molecule has 18 heavy (non-hydrogen) atoms. The number of carbonyl (C=O) groups excluding carboxylic acids is 1. The second-order valence-corrected chi connectivity index (χ2v) is 5.02. The van der Waals surface area contributed by atoms with Crippen LogP contribution in [-0.2, 0) is 4.79 Å². The first kappa shape index (κ1) is 14.9. The van der Waals surface area contributed by atoms with Crippen LogP contribution in [0.3, 0.4) is 0 Å². The third-order valence-corrected chi connectivity index (χ3v) is 3.14. The van der Waals surface area contributed by atoms with Crippen molar-refractivity contribution in [2.45, 2.75) is 26.7 Å². The first-order valence-corrected chi connectivity index (χ1v) is 6.67. The number of hydrogen-bond acceptors (Lipinski definition) is 2. The highest BCUT2D eigenvalue weighted by atomic mass is 35.5. The van der Waals surface area contributed by atoms with E-state index in [9.17, 15) is 4.79 Å². The molecular formula is C13H17ClN2OS. The van der Waals surface area contributed by atoms with Crippen LogP contribution in [0.15, 0.2) is 24.3 Å². The normalized spacial score (nSPS) is 11.7. The molecule has 0 radical (unpaired) electrons. The van der Waals surface area contributed by atoms with Crippen LogP contribution >= 0.6 is 23.8 Å². The second kappa shape index (κ2) is 7.34. The highest BCUT2D eigenvalue weighted by Gasteiger charge is 2.09. The van der Waals surface area contributed by atoms with E-state index in [1.54, 1.807) is 12.1 Å². The van der Waals surface area contributed by atoms with Crippen LogP contribution in [0.25, 0.3) is 0 Å². The Kier molecular flexibility index (Phi) is 6.09. The van der Waals surface area contributed by atoms with Gasteiger partial charge < -0.3 is 10.6 Å². The van der Waals surface area contributed by atoms with Crippen LogP contribution in [0.2, 0.25) is 5.02 Å². The Balaban J connectivity index is 2.47. The molecule has 1 atom stereocenters. The van der Waals surface area contributed by atoms with E-state index in [2.05, 4.69) is 17.6 Å². The Morgan fingerprint density at radius 3 is 2.72 bits per heavy atom. The number of nitrogens with one attached hydrogen (secondary N) is 2. The van der Waals surface area contributed by atoms with Crippen LogP contribution in [0.4, 0.5) is 5.69 Å². The zero-order valence-electron chi connectivity index (χ0n) is 10.5. The number of amides is 1. The predicted octanol–water partition coefficient (Wildman–Crippen LogP) is 3.59. The van der Waals surface area contributed by atoms with Gasteiger partial charge in [-0.3, -0.25) is 4.79 Å². The third kappa shape index (κ3) is 5.02. The molecule has 2 N–H and O–H groups in total. The molecule has 0 heterocycles. The van der Waals surface area contributed by atoms with Gasteiger partial charge in [-0.2, -0.15) is 0 Å². The standard InChI is InChI=1S/C13H17ClN2OS/c1-3-9(2)8-12(17)16-13(18)15-11-7-5-4-6-10(11)14/h4-7,9H,3,8H2,1-2H3,(H2,15,16,17,18)/t9-/m0/s1. The summed E-state index contributed by atoms with van der Waals surface area (Å²) in [4.78, 5) is 11.6. The lowest BCUT2D eigenvalue weighted by Gasteiger charge is -2.12. The maximum Gasteiger partial charge on any atom is 0.226 e. The first-order valence-electron chi connectivity index (χ1n) is 5.88. The van der Waals surface area contributed by atoms with E-state index in [0.29, 0.717) is 23.0 Å². The number of hydrogen-bond donors (Lipinski definition) is 2. The summed E-state index contributed by atoms with van der Waals surface area (Å²) in [7, 11) is 0. The van der Waals surface area contributed by atoms with Gasteiger partial charge >= 0.3 is 0 Å². The Morgan fingerprint density at radius 1 is 1.44 bits per heavy atom. The lowest BCUT2D eigenvalue weighted by Crippen LogP contribution is -2.34. The van der Waals surface area contributed by atoms with Gasteiger partial charge in [0.2, 0.25) is 5.91 Å². The summed E-state index contributed by atoms with van der Waals surface area (Å²) >= 11 is 11.0. The number of benzene rings is 1. The van der Waals surface area contributed by atoms with E-state index >= 15 is 0 Å². The van der Waals surface area contributed by atoms with Gasteiger partial charge in [0.25, 0.3) is 0 Å². The van der Waals surface area contributed by atoms with Gasteiger partial charge in [-0.05, 0) is 30.3 Å². The van der Waals surface area contributed by atoms with E-state index in [0.717, 1.165) is 6.42 Å². The maximum atomic E-state index is 11.6. The van der Waals surface area contributed by atoms with Crippen molar-refractivity contribution in [2.24, 2.45) is 5.92 Å². The molecule has 0 unspecified atom stereocenters. The molecule has 1 amide bonds. The molecule has 5 heteroatoms. The molecule has 3 nitrogen and oxygen atoms in total. The highest BCUT2D eigenvalue weighted by molar-refractivity contribution is 7.80. The third-order valence-electron chi connectivity index (χ3n) is 2.61. The number of halogens is 1. The maximum absolute atomic E-state index is 11.6. The highest BCUT2D eigenvalue weighted by Crippen LogP contribution is 2.20. The van der Waals surface area contributed by atoms with Gasteiger partial charge in [0, 0.05) is 6.42 Å². The van der Waals surface area contributed by atoms with E-state index in [1.165, 1.54) is 0 Å². The molecule has 1 aromatic rings. The minimum Gasteiger partial charge on any atom is -0.331 e. The minimum atomic E-state index is -0.0751. The molecule has 0 saturated heterocycles. The number of rotatable bonds is 4. The topological polar surface area (TPSA) is 41.1 Å². The van der Waals surface area contributed by atoms with Crippen molar-refractivity contribution in [1.29, 1.82) is 0 Å². The van der Waals surface area contributed by atoms with Crippen molar-refractivity contribution >= 4 is 40.5 Å². The van der Waals surface area contributed by atoms with E-state index < -0.39 is 0 Å². The van der Waals surface area contributed by atoms with Crippen LogP contribution in [-0.4, -0.2) is 11.0 Å². The molecule has 0 fully saturated rings. The van der Waals surface area contributed by atoms with Gasteiger partial charge in [0.05, 0.1) is 10.7 Å². The lowest BCUT2D eigenvalue weighted by molar-refractivity contribution is -0.120. The minimum absolute atomic E-state index is 0.0751. The first-order chi connectivity index (χ1) is 8.52. The van der Waals surface area contributed by atoms with Crippen molar-refractivity contribution in [3.8, 4) is 0 Å². The summed E-state index contributed by atoms with van der Waals surface area (Å²) in [5.74, 6) is 0.280. The Bertz CT molecular complexity index is 437. The summed E-state index contributed by atoms with van der Waals surface area (Å²) in [6.07, 6.45) is 1.44. The van der Waals surface area contributed by atoms with Gasteiger partial charge in [-0.1, -0.05) is 44.0 Å². The molecule has 0 aliphatic carbocycles. The van der Waals surface area contributed by atoms with Crippen molar-refractivity contribution < 1.29 is 4.79 Å². The fraction of sp³-hybridized carbons (Fsp3) is 0.385. The summed E-state index contributed by atoms with van der Waals surface area (Å²) in [5, 5.41) is 6.38. The molecule has 0 bridgehead atoms. The fourth-order valence-electron chi connectivity index (χ4n) is 1.35. The smallest absolute Gasteiger partial charge is 0.226 e. The molecule has 1 aromatic carbocycles. The Morgan fingerprint density at radius 2 is 2.11 bits per heavy atom.